The lowest BCUT2D eigenvalue weighted by Crippen LogP contribution is -2.46. The summed E-state index contributed by atoms with van der Waals surface area (Å²) in [6, 6.07) is 18.8. The second-order valence-electron chi connectivity index (χ2n) is 6.97. The van der Waals surface area contributed by atoms with E-state index in [0.29, 0.717) is 6.54 Å². The summed E-state index contributed by atoms with van der Waals surface area (Å²) in [7, 11) is 1.68. The van der Waals surface area contributed by atoms with E-state index in [2.05, 4.69) is 45.6 Å². The summed E-state index contributed by atoms with van der Waals surface area (Å²) < 4.78 is 5.16. The van der Waals surface area contributed by atoms with Gasteiger partial charge in [-0.25, -0.2) is 0 Å². The lowest BCUT2D eigenvalue weighted by Gasteiger charge is -2.34. The Kier molecular flexibility index (Phi) is 8.11. The SMILES string of the molecule is COc1ccc(CNOCCCN2CCN(Cc3ccccc3)CC2)cc1. The first kappa shape index (κ1) is 19.8. The van der Waals surface area contributed by atoms with Crippen LogP contribution in [-0.2, 0) is 17.9 Å². The van der Waals surface area contributed by atoms with Gasteiger partial charge in [-0.05, 0) is 29.7 Å². The topological polar surface area (TPSA) is 37.0 Å². The van der Waals surface area contributed by atoms with Gasteiger partial charge in [0.15, 0.2) is 0 Å². The van der Waals surface area contributed by atoms with E-state index >= 15 is 0 Å². The van der Waals surface area contributed by atoms with Crippen LogP contribution in [0.4, 0.5) is 0 Å². The maximum atomic E-state index is 5.57. The normalized spacial score (nSPS) is 15.7. The number of methoxy groups -OCH3 is 1. The Morgan fingerprint density at radius 3 is 2.26 bits per heavy atom. The van der Waals surface area contributed by atoms with Gasteiger partial charge in [-0.3, -0.25) is 4.90 Å². The average Bonchev–Trinajstić information content (AvgIpc) is 2.73. The van der Waals surface area contributed by atoms with Crippen molar-refractivity contribution in [1.82, 2.24) is 15.3 Å². The zero-order valence-corrected chi connectivity index (χ0v) is 16.3. The Hall–Kier alpha value is -1.92. The highest BCUT2D eigenvalue weighted by molar-refractivity contribution is 5.26. The van der Waals surface area contributed by atoms with Gasteiger partial charge in [-0.15, -0.1) is 0 Å². The fraction of sp³-hybridized carbons (Fsp3) is 0.455. The van der Waals surface area contributed by atoms with Gasteiger partial charge >= 0.3 is 0 Å². The Morgan fingerprint density at radius 1 is 0.852 bits per heavy atom. The van der Waals surface area contributed by atoms with Gasteiger partial charge in [0, 0.05) is 45.8 Å². The van der Waals surface area contributed by atoms with Crippen molar-refractivity contribution >= 4 is 0 Å². The number of nitrogens with zero attached hydrogens (tertiary/aromatic N) is 2. The van der Waals surface area contributed by atoms with Crippen LogP contribution in [0.1, 0.15) is 17.5 Å². The molecule has 3 rings (SSSR count). The van der Waals surface area contributed by atoms with Crippen molar-refractivity contribution in [3.63, 3.8) is 0 Å². The maximum absolute atomic E-state index is 5.57. The van der Waals surface area contributed by atoms with Crippen LogP contribution in [0, 0.1) is 0 Å². The standard InChI is InChI=1S/C22H31N3O2/c1-26-22-10-8-20(9-11-22)18-23-27-17-5-12-24-13-15-25(16-14-24)19-21-6-3-2-4-7-21/h2-4,6-11,23H,5,12-19H2,1H3. The van der Waals surface area contributed by atoms with E-state index in [1.165, 1.54) is 11.1 Å². The van der Waals surface area contributed by atoms with Gasteiger partial charge < -0.3 is 14.5 Å². The first-order valence-electron chi connectivity index (χ1n) is 9.80. The molecule has 1 heterocycles. The lowest BCUT2D eigenvalue weighted by molar-refractivity contribution is 0.0274. The molecule has 5 heteroatoms. The van der Waals surface area contributed by atoms with Gasteiger partial charge in [0.25, 0.3) is 0 Å². The van der Waals surface area contributed by atoms with Gasteiger partial charge in [0.2, 0.25) is 0 Å². The molecule has 1 saturated heterocycles. The van der Waals surface area contributed by atoms with E-state index in [1.807, 2.05) is 24.3 Å². The predicted octanol–water partition coefficient (Wildman–Crippen LogP) is 2.92. The molecule has 1 N–H and O–H groups in total. The minimum absolute atomic E-state index is 0.710. The zero-order chi connectivity index (χ0) is 18.7. The van der Waals surface area contributed by atoms with Crippen molar-refractivity contribution < 1.29 is 9.57 Å². The Morgan fingerprint density at radius 2 is 1.56 bits per heavy atom. The molecule has 0 saturated carbocycles. The highest BCUT2D eigenvalue weighted by Gasteiger charge is 2.16. The van der Waals surface area contributed by atoms with Crippen LogP contribution in [0.3, 0.4) is 0 Å². The van der Waals surface area contributed by atoms with E-state index in [1.54, 1.807) is 7.11 Å². The summed E-state index contributed by atoms with van der Waals surface area (Å²) in [5, 5.41) is 0. The molecule has 0 bridgehead atoms. The number of hydrogen-bond acceptors (Lipinski definition) is 5. The third-order valence-corrected chi connectivity index (χ3v) is 4.97. The number of ether oxygens (including phenoxy) is 1. The monoisotopic (exact) mass is 369 g/mol. The molecule has 0 atom stereocenters. The second-order valence-corrected chi connectivity index (χ2v) is 6.97. The van der Waals surface area contributed by atoms with Crippen LogP contribution in [0.5, 0.6) is 5.75 Å². The fourth-order valence-corrected chi connectivity index (χ4v) is 3.32. The average molecular weight is 370 g/mol. The summed E-state index contributed by atoms with van der Waals surface area (Å²) >= 11 is 0. The van der Waals surface area contributed by atoms with Gasteiger partial charge in [-0.1, -0.05) is 42.5 Å². The Bertz CT molecular complexity index is 640. The summed E-state index contributed by atoms with van der Waals surface area (Å²) in [5.41, 5.74) is 5.63. The number of rotatable bonds is 10. The number of benzene rings is 2. The van der Waals surface area contributed by atoms with Crippen molar-refractivity contribution in [1.29, 1.82) is 0 Å². The molecular formula is C22H31N3O2. The Labute approximate surface area is 162 Å². The van der Waals surface area contributed by atoms with Crippen molar-refractivity contribution in [2.75, 3.05) is 46.4 Å². The minimum atomic E-state index is 0.710. The van der Waals surface area contributed by atoms with Crippen LogP contribution in [0.2, 0.25) is 0 Å². The molecule has 0 unspecified atom stereocenters. The molecule has 0 spiro atoms. The molecule has 1 aliphatic heterocycles. The van der Waals surface area contributed by atoms with E-state index in [-0.39, 0.29) is 0 Å². The van der Waals surface area contributed by atoms with Crippen molar-refractivity contribution in [3.05, 3.63) is 65.7 Å². The molecule has 1 aliphatic rings. The maximum Gasteiger partial charge on any atom is 0.118 e. The largest absolute Gasteiger partial charge is 0.497 e. The highest BCUT2D eigenvalue weighted by Crippen LogP contribution is 2.11. The first-order valence-corrected chi connectivity index (χ1v) is 9.80. The molecular weight excluding hydrogens is 338 g/mol. The third kappa shape index (κ3) is 6.96. The van der Waals surface area contributed by atoms with Gasteiger partial charge in [0.1, 0.15) is 5.75 Å². The molecule has 2 aromatic rings. The summed E-state index contributed by atoms with van der Waals surface area (Å²) in [4.78, 5) is 10.6. The van der Waals surface area contributed by atoms with Crippen LogP contribution in [-0.4, -0.2) is 56.2 Å². The predicted molar refractivity (Wildman–Crippen MR) is 109 cm³/mol. The summed E-state index contributed by atoms with van der Waals surface area (Å²) in [5.74, 6) is 0.878. The van der Waals surface area contributed by atoms with Gasteiger partial charge in [-0.2, -0.15) is 5.48 Å². The van der Waals surface area contributed by atoms with E-state index in [4.69, 9.17) is 9.57 Å². The molecule has 0 aromatic heterocycles. The van der Waals surface area contributed by atoms with Crippen molar-refractivity contribution in [2.24, 2.45) is 0 Å². The number of hydrogen-bond donors (Lipinski definition) is 1. The van der Waals surface area contributed by atoms with Crippen LogP contribution < -0.4 is 10.2 Å². The molecule has 1 fully saturated rings. The van der Waals surface area contributed by atoms with Crippen LogP contribution >= 0.6 is 0 Å². The molecule has 146 valence electrons. The quantitative estimate of drug-likeness (QED) is 0.515. The molecule has 5 nitrogen and oxygen atoms in total. The molecule has 0 aliphatic carbocycles. The van der Waals surface area contributed by atoms with Crippen LogP contribution in [0.15, 0.2) is 54.6 Å². The van der Waals surface area contributed by atoms with Gasteiger partial charge in [0.05, 0.1) is 13.7 Å². The van der Waals surface area contributed by atoms with E-state index < -0.39 is 0 Å². The van der Waals surface area contributed by atoms with Crippen LogP contribution in [0.25, 0.3) is 0 Å². The van der Waals surface area contributed by atoms with Crippen molar-refractivity contribution in [2.45, 2.75) is 19.5 Å². The third-order valence-electron chi connectivity index (χ3n) is 4.97. The van der Waals surface area contributed by atoms with E-state index in [9.17, 15) is 0 Å². The van der Waals surface area contributed by atoms with E-state index in [0.717, 1.165) is 58.0 Å². The molecule has 27 heavy (non-hydrogen) atoms. The number of hydroxylamine groups is 1. The molecule has 0 radical (unpaired) electrons. The smallest absolute Gasteiger partial charge is 0.118 e. The lowest BCUT2D eigenvalue weighted by atomic mass is 10.2. The highest BCUT2D eigenvalue weighted by atomic mass is 16.6. The summed E-state index contributed by atoms with van der Waals surface area (Å²) in [6.45, 7) is 8.19. The zero-order valence-electron chi connectivity index (χ0n) is 16.3. The fourth-order valence-electron chi connectivity index (χ4n) is 3.32. The minimum Gasteiger partial charge on any atom is -0.497 e. The Balaban J connectivity index is 1.22. The number of nitrogens with one attached hydrogen (secondary N) is 1. The summed E-state index contributed by atoms with van der Waals surface area (Å²) in [6.07, 6.45) is 1.05. The second kappa shape index (κ2) is 11.0. The molecule has 0 amide bonds. The number of piperazine rings is 1. The molecule has 2 aromatic carbocycles. The van der Waals surface area contributed by atoms with Crippen molar-refractivity contribution in [3.8, 4) is 5.75 Å². The first-order chi connectivity index (χ1) is 13.3.